The molecule has 10 aromatic rings. The van der Waals surface area contributed by atoms with Crippen molar-refractivity contribution in [2.24, 2.45) is 0 Å². The maximum atomic E-state index is 6.47. The maximum absolute atomic E-state index is 6.47. The molecule has 8 aromatic carbocycles. The van der Waals surface area contributed by atoms with Crippen molar-refractivity contribution in [2.75, 3.05) is 4.90 Å². The minimum absolute atomic E-state index is 0.898. The Morgan fingerprint density at radius 3 is 1.71 bits per heavy atom. The van der Waals surface area contributed by atoms with Gasteiger partial charge in [0.25, 0.3) is 0 Å². The maximum Gasteiger partial charge on any atom is 0.143 e. The number of benzene rings is 8. The minimum atomic E-state index is 0.898. The highest BCUT2D eigenvalue weighted by Gasteiger charge is 2.19. The van der Waals surface area contributed by atoms with Crippen molar-refractivity contribution in [3.63, 3.8) is 0 Å². The molecule has 0 atom stereocenters. The molecule has 0 aliphatic carbocycles. The van der Waals surface area contributed by atoms with Crippen molar-refractivity contribution < 1.29 is 4.42 Å². The van der Waals surface area contributed by atoms with E-state index in [2.05, 4.69) is 187 Å². The van der Waals surface area contributed by atoms with Crippen molar-refractivity contribution in [3.8, 4) is 33.4 Å². The topological polar surface area (TPSA) is 16.4 Å². The fourth-order valence-corrected chi connectivity index (χ4v) is 8.56. The Balaban J connectivity index is 1.08. The summed E-state index contributed by atoms with van der Waals surface area (Å²) in [5.74, 6) is 0. The van der Waals surface area contributed by atoms with Gasteiger partial charge in [-0.05, 0) is 82.4 Å². The van der Waals surface area contributed by atoms with Gasteiger partial charge in [-0.2, -0.15) is 0 Å². The molecule has 2 aromatic heterocycles. The van der Waals surface area contributed by atoms with Crippen LogP contribution in [0.1, 0.15) is 0 Å². The lowest BCUT2D eigenvalue weighted by molar-refractivity contribution is 0.670. The van der Waals surface area contributed by atoms with Crippen LogP contribution in [0.15, 0.2) is 192 Å². The van der Waals surface area contributed by atoms with E-state index in [1.807, 2.05) is 17.4 Å². The molecule has 0 saturated heterocycles. The van der Waals surface area contributed by atoms with Crippen LogP contribution in [0.4, 0.5) is 17.1 Å². The number of thiophene rings is 1. The number of fused-ring (bicyclic) bond motifs is 6. The number of rotatable bonds is 6. The van der Waals surface area contributed by atoms with E-state index in [0.29, 0.717) is 0 Å². The number of para-hydroxylation sites is 1. The zero-order valence-electron chi connectivity index (χ0n) is 27.7. The average molecular weight is 670 g/mol. The summed E-state index contributed by atoms with van der Waals surface area (Å²) in [6.07, 6.45) is 0. The summed E-state index contributed by atoms with van der Waals surface area (Å²) in [6, 6.07) is 67.3. The van der Waals surface area contributed by atoms with Gasteiger partial charge in [0.2, 0.25) is 0 Å². The molecule has 0 radical (unpaired) electrons. The van der Waals surface area contributed by atoms with Gasteiger partial charge in [0, 0.05) is 47.9 Å². The second-order valence-electron chi connectivity index (χ2n) is 12.9. The highest BCUT2D eigenvalue weighted by atomic mass is 32.1. The zero-order valence-corrected chi connectivity index (χ0v) is 28.5. The Bertz CT molecular complexity index is 2830. The van der Waals surface area contributed by atoms with Gasteiger partial charge in [0.05, 0.1) is 5.69 Å². The summed E-state index contributed by atoms with van der Waals surface area (Å²) in [5.41, 5.74) is 12.2. The summed E-state index contributed by atoms with van der Waals surface area (Å²) >= 11 is 1.85. The van der Waals surface area contributed by atoms with Crippen molar-refractivity contribution >= 4 is 70.5 Å². The summed E-state index contributed by atoms with van der Waals surface area (Å²) in [4.78, 5) is 2.40. The molecular weight excluding hydrogens is 639 g/mol. The van der Waals surface area contributed by atoms with Crippen molar-refractivity contribution in [1.82, 2.24) is 0 Å². The smallest absolute Gasteiger partial charge is 0.143 e. The summed E-state index contributed by atoms with van der Waals surface area (Å²) in [7, 11) is 0. The number of hydrogen-bond donors (Lipinski definition) is 0. The standard InChI is InChI=1S/C48H31NOS/c1-3-11-32(12-4-1)33-21-26-37(27-22-33)49(43-18-10-20-46-47(43)41-15-7-8-19-45(41)51-46)38-28-23-34(24-29-38)36-25-30-44-42(31-36)40-17-9-16-39(48(40)50-44)35-13-5-2-6-14-35/h1-31H. The lowest BCUT2D eigenvalue weighted by Crippen LogP contribution is -2.10. The monoisotopic (exact) mass is 669 g/mol. The molecule has 0 spiro atoms. The molecule has 0 N–H and O–H groups in total. The quantitative estimate of drug-likeness (QED) is 0.175. The van der Waals surface area contributed by atoms with Crippen molar-refractivity contribution in [2.45, 2.75) is 0 Å². The van der Waals surface area contributed by atoms with Crippen molar-refractivity contribution in [3.05, 3.63) is 188 Å². The summed E-state index contributed by atoms with van der Waals surface area (Å²) in [5, 5.41) is 4.82. The van der Waals surface area contributed by atoms with Crippen LogP contribution in [0.2, 0.25) is 0 Å². The second kappa shape index (κ2) is 12.2. The predicted molar refractivity (Wildman–Crippen MR) is 218 cm³/mol. The van der Waals surface area contributed by atoms with Crippen LogP contribution in [-0.4, -0.2) is 0 Å². The molecule has 2 nitrogen and oxygen atoms in total. The molecule has 240 valence electrons. The third-order valence-electron chi connectivity index (χ3n) is 9.89. The lowest BCUT2D eigenvalue weighted by atomic mass is 10.00. The predicted octanol–water partition coefficient (Wildman–Crippen LogP) is 14.4. The Morgan fingerprint density at radius 1 is 0.392 bits per heavy atom. The first kappa shape index (κ1) is 29.5. The van der Waals surface area contributed by atoms with E-state index in [-0.39, 0.29) is 0 Å². The third-order valence-corrected chi connectivity index (χ3v) is 11.0. The normalized spacial score (nSPS) is 11.5. The first-order chi connectivity index (χ1) is 25.3. The number of furan rings is 1. The molecule has 0 aliphatic heterocycles. The number of nitrogens with zero attached hydrogens (tertiary/aromatic N) is 1. The van der Waals surface area contributed by atoms with Crippen LogP contribution >= 0.6 is 11.3 Å². The zero-order chi connectivity index (χ0) is 33.7. The third kappa shape index (κ3) is 5.10. The highest BCUT2D eigenvalue weighted by Crippen LogP contribution is 2.45. The molecule has 2 heterocycles. The molecule has 0 fully saturated rings. The van der Waals surface area contributed by atoms with Crippen LogP contribution in [0.3, 0.4) is 0 Å². The van der Waals surface area contributed by atoms with Crippen LogP contribution in [-0.2, 0) is 0 Å². The molecule has 0 saturated carbocycles. The Hall–Kier alpha value is -6.42. The van der Waals surface area contributed by atoms with Crippen molar-refractivity contribution in [1.29, 1.82) is 0 Å². The Kier molecular flexibility index (Phi) is 7.04. The van der Waals surface area contributed by atoms with E-state index in [1.165, 1.54) is 37.0 Å². The second-order valence-corrected chi connectivity index (χ2v) is 14.0. The fraction of sp³-hybridized carbons (Fsp3) is 0. The average Bonchev–Trinajstić information content (AvgIpc) is 3.78. The molecule has 0 unspecified atom stereocenters. The van der Waals surface area contributed by atoms with E-state index < -0.39 is 0 Å². The van der Waals surface area contributed by atoms with Gasteiger partial charge in [0.1, 0.15) is 11.2 Å². The molecule has 0 amide bonds. The van der Waals surface area contributed by atoms with E-state index in [0.717, 1.165) is 55.6 Å². The van der Waals surface area contributed by atoms with Crippen LogP contribution in [0.25, 0.3) is 75.5 Å². The fourth-order valence-electron chi connectivity index (χ4n) is 7.43. The summed E-state index contributed by atoms with van der Waals surface area (Å²) < 4.78 is 9.05. The first-order valence-electron chi connectivity index (χ1n) is 17.3. The van der Waals surface area contributed by atoms with E-state index in [9.17, 15) is 0 Å². The molecule has 3 heteroatoms. The molecule has 0 aliphatic rings. The lowest BCUT2D eigenvalue weighted by Gasteiger charge is -2.27. The van der Waals surface area contributed by atoms with Gasteiger partial charge in [-0.15, -0.1) is 11.3 Å². The van der Waals surface area contributed by atoms with Gasteiger partial charge >= 0.3 is 0 Å². The molecule has 10 rings (SSSR count). The molecule has 51 heavy (non-hydrogen) atoms. The van der Waals surface area contributed by atoms with E-state index >= 15 is 0 Å². The van der Waals surface area contributed by atoms with Gasteiger partial charge in [0.15, 0.2) is 0 Å². The first-order valence-corrected chi connectivity index (χ1v) is 18.1. The number of anilines is 3. The van der Waals surface area contributed by atoms with Crippen LogP contribution < -0.4 is 4.90 Å². The largest absolute Gasteiger partial charge is 0.455 e. The van der Waals surface area contributed by atoms with Gasteiger partial charge in [-0.3, -0.25) is 0 Å². The SMILES string of the molecule is c1ccc(-c2ccc(N(c3ccc(-c4ccc5oc6c(-c7ccccc7)cccc6c5c4)cc3)c3cccc4sc5ccccc5c34)cc2)cc1. The minimum Gasteiger partial charge on any atom is -0.455 e. The Morgan fingerprint density at radius 2 is 0.961 bits per heavy atom. The van der Waals surface area contributed by atoms with Crippen LogP contribution in [0.5, 0.6) is 0 Å². The highest BCUT2D eigenvalue weighted by molar-refractivity contribution is 7.26. The number of hydrogen-bond acceptors (Lipinski definition) is 3. The van der Waals surface area contributed by atoms with E-state index in [4.69, 9.17) is 4.42 Å². The molecular formula is C48H31NOS. The van der Waals surface area contributed by atoms with Crippen LogP contribution in [0, 0.1) is 0 Å². The van der Waals surface area contributed by atoms with E-state index in [1.54, 1.807) is 0 Å². The van der Waals surface area contributed by atoms with Gasteiger partial charge in [-0.25, -0.2) is 0 Å². The van der Waals surface area contributed by atoms with Gasteiger partial charge < -0.3 is 9.32 Å². The summed E-state index contributed by atoms with van der Waals surface area (Å²) in [6.45, 7) is 0. The van der Waals surface area contributed by atoms with Gasteiger partial charge in [-0.1, -0.05) is 133 Å². The Labute approximate surface area is 300 Å². The molecule has 0 bridgehead atoms.